The molecule has 0 saturated carbocycles. The molecular formula is C15H18N6O. The Morgan fingerprint density at radius 3 is 2.91 bits per heavy atom. The van der Waals surface area contributed by atoms with Gasteiger partial charge in [0.05, 0.1) is 36.2 Å². The Kier molecular flexibility index (Phi) is 3.07. The normalized spacial score (nSPS) is 21.5. The molecule has 0 bridgehead atoms. The highest BCUT2D eigenvalue weighted by Crippen LogP contribution is 2.27. The molecule has 1 aliphatic heterocycles. The molecule has 2 aromatic heterocycles. The minimum Gasteiger partial charge on any atom is -0.378 e. The lowest BCUT2D eigenvalue weighted by molar-refractivity contribution is 0.191. The Balaban J connectivity index is 1.62. The number of rotatable bonds is 3. The summed E-state index contributed by atoms with van der Waals surface area (Å²) in [6.07, 6.45) is 0. The van der Waals surface area contributed by atoms with Crippen LogP contribution in [-0.2, 0) is 11.8 Å². The quantitative estimate of drug-likeness (QED) is 0.767. The van der Waals surface area contributed by atoms with E-state index in [1.165, 1.54) is 0 Å². The summed E-state index contributed by atoms with van der Waals surface area (Å²) in [4.78, 5) is 9.09. The van der Waals surface area contributed by atoms with E-state index in [9.17, 15) is 0 Å². The van der Waals surface area contributed by atoms with E-state index in [-0.39, 0.29) is 12.0 Å². The predicted octanol–water partition coefficient (Wildman–Crippen LogP) is 1.59. The first kappa shape index (κ1) is 13.3. The van der Waals surface area contributed by atoms with Gasteiger partial charge in [0.25, 0.3) is 0 Å². The summed E-state index contributed by atoms with van der Waals surface area (Å²) >= 11 is 0. The Morgan fingerprint density at radius 1 is 1.27 bits per heavy atom. The summed E-state index contributed by atoms with van der Waals surface area (Å²) in [5, 5.41) is 10.7. The number of para-hydroxylation sites is 2. The smallest absolute Gasteiger partial charge is 0.203 e. The number of fused-ring (bicyclic) bond motifs is 1. The van der Waals surface area contributed by atoms with Crippen molar-refractivity contribution in [3.8, 4) is 0 Å². The van der Waals surface area contributed by atoms with Crippen LogP contribution in [0.1, 0.15) is 17.6 Å². The molecule has 0 aliphatic carbocycles. The van der Waals surface area contributed by atoms with Crippen molar-refractivity contribution in [2.45, 2.75) is 18.9 Å². The predicted molar refractivity (Wildman–Crippen MR) is 82.8 cm³/mol. The van der Waals surface area contributed by atoms with E-state index < -0.39 is 0 Å². The van der Waals surface area contributed by atoms with Gasteiger partial charge in [0, 0.05) is 7.05 Å². The van der Waals surface area contributed by atoms with Crippen LogP contribution < -0.4 is 5.32 Å². The zero-order chi connectivity index (χ0) is 15.1. The van der Waals surface area contributed by atoms with Gasteiger partial charge in [-0.1, -0.05) is 12.1 Å². The van der Waals surface area contributed by atoms with E-state index in [2.05, 4.69) is 36.1 Å². The van der Waals surface area contributed by atoms with Gasteiger partial charge < -0.3 is 14.6 Å². The molecule has 3 aromatic rings. The maximum absolute atomic E-state index is 5.63. The van der Waals surface area contributed by atoms with Crippen LogP contribution in [0.4, 0.5) is 5.95 Å². The van der Waals surface area contributed by atoms with Crippen molar-refractivity contribution in [3.05, 3.63) is 35.9 Å². The molecule has 1 aromatic carbocycles. The molecule has 2 N–H and O–H groups in total. The van der Waals surface area contributed by atoms with Crippen LogP contribution in [0.25, 0.3) is 11.0 Å². The van der Waals surface area contributed by atoms with E-state index in [0.29, 0.717) is 13.2 Å². The standard InChI is InChI=1S/C15H18N6O/c1-9-16-14(20-19-9)10-7-22-8-12(10)18-15-17-11-5-3-4-6-13(11)21(15)2/h3-6,10,12H,7-8H2,1-2H3,(H,17,18)(H,16,19,20)/t10-,12+/m1/s1. The maximum Gasteiger partial charge on any atom is 0.203 e. The molecule has 7 nitrogen and oxygen atoms in total. The van der Waals surface area contributed by atoms with E-state index in [0.717, 1.165) is 28.6 Å². The van der Waals surface area contributed by atoms with Crippen LogP contribution in [-0.4, -0.2) is 44.0 Å². The number of anilines is 1. The first-order chi connectivity index (χ1) is 10.7. The fourth-order valence-corrected chi connectivity index (χ4v) is 2.92. The van der Waals surface area contributed by atoms with Gasteiger partial charge in [0.15, 0.2) is 5.82 Å². The van der Waals surface area contributed by atoms with Gasteiger partial charge in [0.1, 0.15) is 5.82 Å². The SMILES string of the molecule is Cc1nc([C@@H]2COC[C@@H]2Nc2nc3ccccc3n2C)n[nH]1. The second-order valence-electron chi connectivity index (χ2n) is 5.66. The van der Waals surface area contributed by atoms with Gasteiger partial charge in [-0.3, -0.25) is 5.10 Å². The van der Waals surface area contributed by atoms with Gasteiger partial charge in [-0.2, -0.15) is 5.10 Å². The van der Waals surface area contributed by atoms with Crippen molar-refractivity contribution in [2.24, 2.45) is 7.05 Å². The number of imidazole rings is 1. The molecule has 4 rings (SSSR count). The number of hydrogen-bond acceptors (Lipinski definition) is 5. The highest BCUT2D eigenvalue weighted by Gasteiger charge is 2.33. The van der Waals surface area contributed by atoms with Crippen molar-refractivity contribution in [3.63, 3.8) is 0 Å². The number of H-pyrrole nitrogens is 1. The van der Waals surface area contributed by atoms with Gasteiger partial charge in [-0.15, -0.1) is 0 Å². The van der Waals surface area contributed by atoms with Crippen molar-refractivity contribution in [2.75, 3.05) is 18.5 Å². The molecule has 3 heterocycles. The lowest BCUT2D eigenvalue weighted by Crippen LogP contribution is -2.28. The number of benzene rings is 1. The van der Waals surface area contributed by atoms with Crippen molar-refractivity contribution >= 4 is 17.0 Å². The highest BCUT2D eigenvalue weighted by atomic mass is 16.5. The fourth-order valence-electron chi connectivity index (χ4n) is 2.92. The molecular weight excluding hydrogens is 280 g/mol. The van der Waals surface area contributed by atoms with Crippen LogP contribution in [0.5, 0.6) is 0 Å². The van der Waals surface area contributed by atoms with Crippen molar-refractivity contribution in [1.82, 2.24) is 24.7 Å². The van der Waals surface area contributed by atoms with Gasteiger partial charge >= 0.3 is 0 Å². The Hall–Kier alpha value is -2.41. The van der Waals surface area contributed by atoms with Crippen LogP contribution in [0.15, 0.2) is 24.3 Å². The third-order valence-corrected chi connectivity index (χ3v) is 4.13. The largest absolute Gasteiger partial charge is 0.378 e. The first-order valence-corrected chi connectivity index (χ1v) is 7.37. The Labute approximate surface area is 127 Å². The van der Waals surface area contributed by atoms with Crippen LogP contribution in [0, 0.1) is 6.92 Å². The van der Waals surface area contributed by atoms with Gasteiger partial charge in [0.2, 0.25) is 5.95 Å². The summed E-state index contributed by atoms with van der Waals surface area (Å²) in [7, 11) is 2.01. The third kappa shape index (κ3) is 2.14. The Morgan fingerprint density at radius 2 is 2.14 bits per heavy atom. The molecule has 0 amide bonds. The topological polar surface area (TPSA) is 80.7 Å². The summed E-state index contributed by atoms with van der Waals surface area (Å²) in [5.41, 5.74) is 2.09. The van der Waals surface area contributed by atoms with Crippen LogP contribution >= 0.6 is 0 Å². The minimum absolute atomic E-state index is 0.116. The molecule has 114 valence electrons. The molecule has 7 heteroatoms. The third-order valence-electron chi connectivity index (χ3n) is 4.13. The summed E-state index contributed by atoms with van der Waals surface area (Å²) in [5.74, 6) is 2.59. The molecule has 0 spiro atoms. The molecule has 2 atom stereocenters. The molecule has 0 unspecified atom stereocenters. The molecule has 0 radical (unpaired) electrons. The maximum atomic E-state index is 5.63. The number of nitrogens with one attached hydrogen (secondary N) is 2. The van der Waals surface area contributed by atoms with Crippen LogP contribution in [0.3, 0.4) is 0 Å². The number of aromatic amines is 1. The summed E-state index contributed by atoms with van der Waals surface area (Å²) < 4.78 is 7.69. The van der Waals surface area contributed by atoms with E-state index in [1.807, 2.05) is 32.2 Å². The lowest BCUT2D eigenvalue weighted by atomic mass is 10.0. The van der Waals surface area contributed by atoms with Gasteiger partial charge in [-0.05, 0) is 19.1 Å². The Bertz CT molecular complexity index is 807. The average molecular weight is 298 g/mol. The molecule has 1 fully saturated rings. The number of hydrogen-bond donors (Lipinski definition) is 2. The fraction of sp³-hybridized carbons (Fsp3) is 0.400. The average Bonchev–Trinajstić information content (AvgIpc) is 3.21. The number of aryl methyl sites for hydroxylation is 2. The second-order valence-corrected chi connectivity index (χ2v) is 5.66. The van der Waals surface area contributed by atoms with E-state index in [1.54, 1.807) is 0 Å². The zero-order valence-corrected chi connectivity index (χ0v) is 12.6. The molecule has 1 aliphatic rings. The molecule has 1 saturated heterocycles. The number of nitrogens with zero attached hydrogens (tertiary/aromatic N) is 4. The first-order valence-electron chi connectivity index (χ1n) is 7.37. The zero-order valence-electron chi connectivity index (χ0n) is 12.6. The lowest BCUT2D eigenvalue weighted by Gasteiger charge is -2.17. The summed E-state index contributed by atoms with van der Waals surface area (Å²) in [6.45, 7) is 3.15. The molecule has 22 heavy (non-hydrogen) atoms. The highest BCUT2D eigenvalue weighted by molar-refractivity contribution is 5.78. The summed E-state index contributed by atoms with van der Waals surface area (Å²) in [6, 6.07) is 8.21. The van der Waals surface area contributed by atoms with Gasteiger partial charge in [-0.25, -0.2) is 9.97 Å². The monoisotopic (exact) mass is 298 g/mol. The van der Waals surface area contributed by atoms with Crippen molar-refractivity contribution < 1.29 is 4.74 Å². The van der Waals surface area contributed by atoms with Crippen molar-refractivity contribution in [1.29, 1.82) is 0 Å². The minimum atomic E-state index is 0.116. The number of ether oxygens (including phenoxy) is 1. The second kappa shape index (κ2) is 5.10. The number of aromatic nitrogens is 5. The van der Waals surface area contributed by atoms with E-state index in [4.69, 9.17) is 4.74 Å². The van der Waals surface area contributed by atoms with Crippen LogP contribution in [0.2, 0.25) is 0 Å². The van der Waals surface area contributed by atoms with E-state index >= 15 is 0 Å².